The molecule has 0 aliphatic carbocycles. The van der Waals surface area contributed by atoms with Gasteiger partial charge in [0.25, 0.3) is 11.1 Å². The molecule has 0 unspecified atom stereocenters. The number of hydrogen-bond donors (Lipinski definition) is 0. The van der Waals surface area contributed by atoms with Gasteiger partial charge in [-0.1, -0.05) is 82.3 Å². The first-order valence-electron chi connectivity index (χ1n) is 10.3. The Hall–Kier alpha value is -1.41. The fourth-order valence-corrected chi connectivity index (χ4v) is 5.66. The van der Waals surface area contributed by atoms with E-state index in [1.807, 2.05) is 60.4 Å². The van der Waals surface area contributed by atoms with Crippen molar-refractivity contribution in [1.29, 1.82) is 0 Å². The number of thioether (sulfide) groups is 1. The molecule has 2 aromatic rings. The topological polar surface area (TPSA) is 43.9 Å². The van der Waals surface area contributed by atoms with Gasteiger partial charge < -0.3 is 4.90 Å². The molecule has 5 nitrogen and oxygen atoms in total. The Morgan fingerprint density at radius 3 is 2.27 bits per heavy atom. The number of imide groups is 1. The number of carbonyl (C=O) groups excluding carboxylic acids is 2. The van der Waals surface area contributed by atoms with Gasteiger partial charge in [-0.2, -0.15) is 0 Å². The van der Waals surface area contributed by atoms with Crippen LogP contribution >= 0.6 is 58.2 Å². The molecule has 2 aliphatic heterocycles. The van der Waals surface area contributed by atoms with Gasteiger partial charge in [0.1, 0.15) is 6.17 Å². The molecule has 2 amide bonds. The molecule has 2 aliphatic rings. The van der Waals surface area contributed by atoms with Crippen LogP contribution in [0, 0.1) is 6.92 Å². The Morgan fingerprint density at radius 2 is 1.67 bits per heavy atom. The zero-order chi connectivity index (χ0) is 23.8. The minimum atomic E-state index is -1.87. The summed E-state index contributed by atoms with van der Waals surface area (Å²) in [5, 5.41) is 0.208. The molecule has 0 saturated carbocycles. The van der Waals surface area contributed by atoms with Crippen LogP contribution in [0.2, 0.25) is 5.02 Å². The van der Waals surface area contributed by atoms with E-state index in [0.717, 1.165) is 33.5 Å². The Balaban J connectivity index is 1.54. The molecule has 0 N–H and O–H groups in total. The van der Waals surface area contributed by atoms with Gasteiger partial charge in [0.05, 0.1) is 4.91 Å². The maximum absolute atomic E-state index is 13.2. The zero-order valence-electron chi connectivity index (χ0n) is 17.7. The number of amides is 2. The molecule has 0 radical (unpaired) electrons. The largest absolute Gasteiger partial charge is 0.369 e. The van der Waals surface area contributed by atoms with E-state index in [9.17, 15) is 9.59 Å². The number of alkyl halides is 3. The van der Waals surface area contributed by atoms with Crippen molar-refractivity contribution in [2.75, 3.05) is 31.1 Å². The second-order valence-corrected chi connectivity index (χ2v) is 11.7. The van der Waals surface area contributed by atoms with Crippen LogP contribution in [0.15, 0.2) is 53.4 Å². The van der Waals surface area contributed by atoms with Crippen molar-refractivity contribution in [2.45, 2.75) is 16.9 Å². The highest BCUT2D eigenvalue weighted by Crippen LogP contribution is 2.42. The molecule has 10 heteroatoms. The quantitative estimate of drug-likeness (QED) is 0.338. The van der Waals surface area contributed by atoms with Crippen molar-refractivity contribution >= 4 is 81.1 Å². The van der Waals surface area contributed by atoms with Gasteiger partial charge in [0.15, 0.2) is 0 Å². The first-order valence-corrected chi connectivity index (χ1v) is 12.6. The maximum atomic E-state index is 13.2. The fourth-order valence-electron chi connectivity index (χ4n) is 3.92. The van der Waals surface area contributed by atoms with E-state index in [0.29, 0.717) is 36.1 Å². The second kappa shape index (κ2) is 10.1. The smallest absolute Gasteiger partial charge is 0.295 e. The van der Waals surface area contributed by atoms with E-state index in [1.54, 1.807) is 6.08 Å². The molecule has 1 atom stereocenters. The standard InChI is InChI=1S/C23H21Cl4N3O2S/c1-15-5-7-16(8-6-15)13-19-20(31)30(22(32)33-19)21(23(25,26)27)29-11-9-28(10-12-29)18-4-2-3-17(24)14-18/h2-8,13-14,21H,9-12H2,1H3/b19-13+/t21-/m1/s1. The lowest BCUT2D eigenvalue weighted by Gasteiger charge is -2.44. The third-order valence-electron chi connectivity index (χ3n) is 5.57. The second-order valence-electron chi connectivity index (χ2n) is 7.88. The van der Waals surface area contributed by atoms with Crippen molar-refractivity contribution in [3.63, 3.8) is 0 Å². The third kappa shape index (κ3) is 5.64. The lowest BCUT2D eigenvalue weighted by Crippen LogP contribution is -2.61. The molecule has 2 heterocycles. The van der Waals surface area contributed by atoms with E-state index in [2.05, 4.69) is 4.90 Å². The molecular formula is C23H21Cl4N3O2S. The summed E-state index contributed by atoms with van der Waals surface area (Å²) in [4.78, 5) is 31.5. The van der Waals surface area contributed by atoms with Crippen LogP contribution in [0.1, 0.15) is 11.1 Å². The zero-order valence-corrected chi connectivity index (χ0v) is 21.5. The van der Waals surface area contributed by atoms with Gasteiger partial charge in [-0.15, -0.1) is 0 Å². The lowest BCUT2D eigenvalue weighted by atomic mass is 10.1. The van der Waals surface area contributed by atoms with Crippen LogP contribution < -0.4 is 4.90 Å². The minimum Gasteiger partial charge on any atom is -0.369 e. The average molecular weight is 545 g/mol. The van der Waals surface area contributed by atoms with E-state index in [-0.39, 0.29) is 0 Å². The highest BCUT2D eigenvalue weighted by Gasteiger charge is 2.51. The molecule has 33 heavy (non-hydrogen) atoms. The molecule has 0 spiro atoms. The molecular weight excluding hydrogens is 524 g/mol. The molecule has 2 saturated heterocycles. The predicted molar refractivity (Wildman–Crippen MR) is 138 cm³/mol. The van der Waals surface area contributed by atoms with Crippen LogP contribution in [0.5, 0.6) is 0 Å². The number of piperazine rings is 1. The summed E-state index contributed by atoms with van der Waals surface area (Å²) in [5.41, 5.74) is 2.93. The number of benzene rings is 2. The van der Waals surface area contributed by atoms with Gasteiger partial charge in [-0.05, 0) is 48.5 Å². The first-order chi connectivity index (χ1) is 15.6. The van der Waals surface area contributed by atoms with Gasteiger partial charge in [-0.3, -0.25) is 14.5 Å². The van der Waals surface area contributed by atoms with Crippen LogP contribution in [-0.2, 0) is 4.79 Å². The van der Waals surface area contributed by atoms with Crippen molar-refractivity contribution < 1.29 is 9.59 Å². The van der Waals surface area contributed by atoms with Crippen molar-refractivity contribution in [2.24, 2.45) is 0 Å². The predicted octanol–water partition coefficient (Wildman–Crippen LogP) is 6.20. The number of anilines is 1. The van der Waals surface area contributed by atoms with Crippen LogP contribution in [0.3, 0.4) is 0 Å². The normalized spacial score (nSPS) is 20.1. The monoisotopic (exact) mass is 543 g/mol. The highest BCUT2D eigenvalue weighted by molar-refractivity contribution is 8.18. The first kappa shape index (κ1) is 24.7. The minimum absolute atomic E-state index is 0.306. The highest BCUT2D eigenvalue weighted by atomic mass is 35.6. The maximum Gasteiger partial charge on any atom is 0.295 e. The Bertz CT molecular complexity index is 1080. The molecule has 0 bridgehead atoms. The third-order valence-corrected chi connectivity index (χ3v) is 7.27. The summed E-state index contributed by atoms with van der Waals surface area (Å²) in [6, 6.07) is 15.3. The molecule has 2 fully saturated rings. The number of hydrogen-bond acceptors (Lipinski definition) is 5. The van der Waals surface area contributed by atoms with Crippen LogP contribution in [0.25, 0.3) is 6.08 Å². The summed E-state index contributed by atoms with van der Waals surface area (Å²) in [5.74, 6) is -0.459. The van der Waals surface area contributed by atoms with E-state index in [4.69, 9.17) is 46.4 Å². The van der Waals surface area contributed by atoms with Gasteiger partial charge in [-0.25, -0.2) is 4.90 Å². The summed E-state index contributed by atoms with van der Waals surface area (Å²) in [6.45, 7) is 4.25. The number of carbonyl (C=O) groups is 2. The molecule has 4 rings (SSSR count). The van der Waals surface area contributed by atoms with Gasteiger partial charge in [0, 0.05) is 36.9 Å². The number of nitrogens with zero attached hydrogens (tertiary/aromatic N) is 3. The average Bonchev–Trinajstić information content (AvgIpc) is 3.03. The fraction of sp³-hybridized carbons (Fsp3) is 0.304. The van der Waals surface area contributed by atoms with Crippen molar-refractivity contribution in [3.05, 3.63) is 69.6 Å². The van der Waals surface area contributed by atoms with E-state index in [1.165, 1.54) is 0 Å². The SMILES string of the molecule is Cc1ccc(/C=C2/SC(=O)N([C@@H](N3CCN(c4cccc(Cl)c4)CC3)C(Cl)(Cl)Cl)C2=O)cc1. The molecule has 174 valence electrons. The summed E-state index contributed by atoms with van der Waals surface area (Å²) in [7, 11) is 0. The Morgan fingerprint density at radius 1 is 1.00 bits per heavy atom. The number of rotatable bonds is 4. The van der Waals surface area contributed by atoms with E-state index < -0.39 is 21.1 Å². The van der Waals surface area contributed by atoms with Gasteiger partial charge >= 0.3 is 0 Å². The molecule has 2 aromatic carbocycles. The number of aryl methyl sites for hydroxylation is 1. The van der Waals surface area contributed by atoms with Gasteiger partial charge in [0.2, 0.25) is 3.79 Å². The van der Waals surface area contributed by atoms with E-state index >= 15 is 0 Å². The van der Waals surface area contributed by atoms with Crippen molar-refractivity contribution in [3.8, 4) is 0 Å². The van der Waals surface area contributed by atoms with Crippen molar-refractivity contribution in [1.82, 2.24) is 9.80 Å². The molecule has 0 aromatic heterocycles. The van der Waals surface area contributed by atoms with Crippen LogP contribution in [0.4, 0.5) is 10.5 Å². The Kier molecular flexibility index (Phi) is 7.53. The number of halogens is 4. The Labute approximate surface area is 217 Å². The summed E-state index contributed by atoms with van der Waals surface area (Å²) in [6.07, 6.45) is 0.678. The summed E-state index contributed by atoms with van der Waals surface area (Å²) >= 11 is 26.0. The van der Waals surface area contributed by atoms with Crippen LogP contribution in [-0.4, -0.2) is 57.1 Å². The lowest BCUT2D eigenvalue weighted by molar-refractivity contribution is -0.127. The summed E-state index contributed by atoms with van der Waals surface area (Å²) < 4.78 is -1.87.